The summed E-state index contributed by atoms with van der Waals surface area (Å²) in [5.41, 5.74) is 0.317. The third-order valence-electron chi connectivity index (χ3n) is 2.96. The number of rotatable bonds is 4. The molecule has 0 spiro atoms. The van der Waals surface area contributed by atoms with E-state index in [1.165, 1.54) is 31.4 Å². The molecule has 2 nitrogen and oxygen atoms in total. The minimum Gasteiger partial charge on any atom is -0.509 e. The molecule has 0 fully saturated rings. The van der Waals surface area contributed by atoms with E-state index in [0.717, 1.165) is 4.90 Å². The van der Waals surface area contributed by atoms with Gasteiger partial charge in [-0.1, -0.05) is 18.3 Å². The number of benzene rings is 1. The van der Waals surface area contributed by atoms with E-state index in [1.54, 1.807) is 0 Å². The molecule has 1 aliphatic heterocycles. The smallest absolute Gasteiger partial charge is 0.256 e. The van der Waals surface area contributed by atoms with Gasteiger partial charge in [-0.05, 0) is 28.4 Å². The Balaban J connectivity index is 0.00000242. The predicted octanol–water partition coefficient (Wildman–Crippen LogP) is 4.19. The Morgan fingerprint density at radius 1 is 1.41 bits per heavy atom. The van der Waals surface area contributed by atoms with Crippen LogP contribution in [0.2, 0.25) is 0 Å². The molecule has 1 radical (unpaired) electrons. The van der Waals surface area contributed by atoms with Gasteiger partial charge in [-0.25, -0.2) is 13.2 Å². The summed E-state index contributed by atoms with van der Waals surface area (Å²) in [4.78, 5) is 1.13. The van der Waals surface area contributed by atoms with Gasteiger partial charge >= 0.3 is 0 Å². The average Bonchev–Trinajstić information content (AvgIpc) is 2.44. The van der Waals surface area contributed by atoms with Gasteiger partial charge in [0.25, 0.3) is 6.43 Å². The van der Waals surface area contributed by atoms with Crippen molar-refractivity contribution < 1.29 is 50.6 Å². The van der Waals surface area contributed by atoms with Crippen LogP contribution in [0.25, 0.3) is 5.70 Å². The molecule has 1 aliphatic rings. The third kappa shape index (κ3) is 3.95. The van der Waals surface area contributed by atoms with Gasteiger partial charge in [0.15, 0.2) is 0 Å². The molecular weight excluding hydrogens is 392 g/mol. The van der Waals surface area contributed by atoms with Gasteiger partial charge < -0.3 is 9.64 Å². The molecule has 0 N–H and O–H groups in total. The normalized spacial score (nSPS) is 14.5. The molecule has 0 amide bonds. The van der Waals surface area contributed by atoms with E-state index >= 15 is 0 Å². The number of hydrogen-bond acceptors (Lipinski definition) is 2. The van der Waals surface area contributed by atoms with Crippen LogP contribution in [0.1, 0.15) is 5.56 Å². The van der Waals surface area contributed by atoms with Crippen LogP contribution in [-0.2, 0) is 32.7 Å². The summed E-state index contributed by atoms with van der Waals surface area (Å²) in [5, 5.41) is 0.176. The quantitative estimate of drug-likeness (QED) is 0.699. The van der Waals surface area contributed by atoms with Crippen LogP contribution in [-0.4, -0.2) is 25.0 Å². The number of hydrogen-bond donors (Lipinski definition) is 0. The fourth-order valence-corrected chi connectivity index (χ4v) is 2.16. The van der Waals surface area contributed by atoms with Crippen LogP contribution in [0, 0.1) is 11.9 Å². The number of allylic oxidation sites excluding steroid dienone is 3. The van der Waals surface area contributed by atoms with Crippen molar-refractivity contribution in [3.63, 3.8) is 0 Å². The maximum absolute atomic E-state index is 14.1. The maximum Gasteiger partial charge on any atom is 0.256 e. The third-order valence-corrected chi connectivity index (χ3v) is 3.29. The van der Waals surface area contributed by atoms with E-state index in [9.17, 15) is 13.2 Å². The number of halogens is 4. The van der Waals surface area contributed by atoms with Crippen molar-refractivity contribution in [2.24, 2.45) is 0 Å². The zero-order chi connectivity index (χ0) is 15.6. The zero-order valence-electron chi connectivity index (χ0n) is 11.7. The average molecular weight is 404 g/mol. The SMILES string of the molecule is C=C1C(Cl)=C[C-]=C(c2c(F)cccc2OC)N1CC(F)F.[Y]. The molecule has 2 rings (SSSR count). The molecule has 7 heteroatoms. The Morgan fingerprint density at radius 2 is 2.09 bits per heavy atom. The van der Waals surface area contributed by atoms with E-state index in [-0.39, 0.29) is 60.4 Å². The fraction of sp³-hybridized carbons (Fsp3) is 0.200. The minimum atomic E-state index is -2.64. The zero-order valence-corrected chi connectivity index (χ0v) is 15.3. The van der Waals surface area contributed by atoms with Gasteiger partial charge in [0.05, 0.1) is 25.2 Å². The summed E-state index contributed by atoms with van der Waals surface area (Å²) in [6.07, 6.45) is 1.45. The van der Waals surface area contributed by atoms with Crippen LogP contribution in [0.3, 0.4) is 0 Å². The van der Waals surface area contributed by atoms with Gasteiger partial charge in [-0.2, -0.15) is 23.8 Å². The number of ether oxygens (including phenoxy) is 1. The first-order chi connectivity index (χ1) is 9.95. The van der Waals surface area contributed by atoms with Crippen molar-refractivity contribution in [2.45, 2.75) is 6.43 Å². The largest absolute Gasteiger partial charge is 0.509 e. The van der Waals surface area contributed by atoms with Crippen molar-refractivity contribution in [1.82, 2.24) is 4.90 Å². The second-order valence-electron chi connectivity index (χ2n) is 4.25. The predicted molar refractivity (Wildman–Crippen MR) is 75.4 cm³/mol. The summed E-state index contributed by atoms with van der Waals surface area (Å²) in [5.74, 6) is -0.383. The topological polar surface area (TPSA) is 12.5 Å². The van der Waals surface area contributed by atoms with Crippen molar-refractivity contribution in [2.75, 3.05) is 13.7 Å². The van der Waals surface area contributed by atoms with Gasteiger partial charge in [-0.15, -0.1) is 0 Å². The van der Waals surface area contributed by atoms with Gasteiger partial charge in [0.2, 0.25) is 0 Å². The number of methoxy groups -OCH3 is 1. The van der Waals surface area contributed by atoms with Crippen LogP contribution in [0.5, 0.6) is 5.75 Å². The monoisotopic (exact) mass is 403 g/mol. The Kier molecular flexibility index (Phi) is 7.17. The standard InChI is InChI=1S/C15H12ClF3NO.Y/c1-9-10(16)6-7-12(20(9)8-14(18)19)15-11(17)4-3-5-13(15)21-2;/h3-6,14H,1,8H2,2H3;/q-1;. The second-order valence-corrected chi connectivity index (χ2v) is 4.66. The van der Waals surface area contributed by atoms with Crippen LogP contribution >= 0.6 is 11.6 Å². The molecule has 0 atom stereocenters. The second kappa shape index (κ2) is 8.18. The van der Waals surface area contributed by atoms with Crippen molar-refractivity contribution in [3.05, 3.63) is 59.0 Å². The van der Waals surface area contributed by atoms with Crippen LogP contribution in [0.15, 0.2) is 41.6 Å². The maximum atomic E-state index is 14.1. The first-order valence-corrected chi connectivity index (χ1v) is 6.40. The van der Waals surface area contributed by atoms with Gasteiger partial charge in [-0.3, -0.25) is 0 Å². The first kappa shape index (κ1) is 19.3. The van der Waals surface area contributed by atoms with Crippen LogP contribution < -0.4 is 4.74 Å². The van der Waals surface area contributed by atoms with Crippen molar-refractivity contribution in [1.29, 1.82) is 0 Å². The number of nitrogens with zero attached hydrogens (tertiary/aromatic N) is 1. The molecule has 22 heavy (non-hydrogen) atoms. The Hall–Kier alpha value is -0.776. The summed E-state index contributed by atoms with van der Waals surface area (Å²) < 4.78 is 44.8. The van der Waals surface area contributed by atoms with E-state index in [4.69, 9.17) is 16.3 Å². The van der Waals surface area contributed by atoms with Gasteiger partial charge in [0.1, 0.15) is 0 Å². The fourth-order valence-electron chi connectivity index (χ4n) is 2.01. The summed E-state index contributed by atoms with van der Waals surface area (Å²) in [6, 6.07) is 4.22. The van der Waals surface area contributed by atoms with E-state index in [1.807, 2.05) is 0 Å². The molecule has 115 valence electrons. The molecule has 0 aromatic heterocycles. The molecule has 0 unspecified atom stereocenters. The molecule has 1 aromatic rings. The molecular formula is C15H12ClF3NOY-. The first-order valence-electron chi connectivity index (χ1n) is 6.02. The van der Waals surface area contributed by atoms with Crippen molar-refractivity contribution >= 4 is 17.3 Å². The molecule has 1 aromatic carbocycles. The van der Waals surface area contributed by atoms with E-state index in [2.05, 4.69) is 12.7 Å². The summed E-state index contributed by atoms with van der Waals surface area (Å²) >= 11 is 5.89. The Labute approximate surface area is 157 Å². The number of alkyl halides is 2. The molecule has 0 saturated carbocycles. The Bertz CT molecular complexity index is 631. The minimum absolute atomic E-state index is 0. The van der Waals surface area contributed by atoms with Crippen molar-refractivity contribution in [3.8, 4) is 5.75 Å². The Morgan fingerprint density at radius 3 is 2.68 bits per heavy atom. The van der Waals surface area contributed by atoms with Crippen LogP contribution in [0.4, 0.5) is 13.2 Å². The molecule has 0 saturated heterocycles. The molecule has 0 bridgehead atoms. The molecule has 0 aliphatic carbocycles. The molecule has 1 heterocycles. The summed E-state index contributed by atoms with van der Waals surface area (Å²) in [7, 11) is 1.37. The van der Waals surface area contributed by atoms with Gasteiger partial charge in [0, 0.05) is 32.7 Å². The van der Waals surface area contributed by atoms with E-state index < -0.39 is 18.8 Å². The van der Waals surface area contributed by atoms with E-state index in [0.29, 0.717) is 0 Å². The summed E-state index contributed by atoms with van der Waals surface area (Å²) in [6.45, 7) is 2.99.